The fraction of sp³-hybridized carbons (Fsp3) is 0.500. The molecule has 4 heteroatoms. The Kier molecular flexibility index (Phi) is 4.66. The van der Waals surface area contributed by atoms with Gasteiger partial charge in [0.15, 0.2) is 0 Å². The van der Waals surface area contributed by atoms with Crippen LogP contribution in [0.3, 0.4) is 0 Å². The molecule has 0 aliphatic carbocycles. The Balaban J connectivity index is 1.92. The molecule has 1 unspecified atom stereocenters. The van der Waals surface area contributed by atoms with Crippen LogP contribution < -0.4 is 5.32 Å². The third-order valence-electron chi connectivity index (χ3n) is 3.36. The van der Waals surface area contributed by atoms with Gasteiger partial charge in [-0.05, 0) is 36.9 Å². The maximum atomic E-state index is 12.2. The van der Waals surface area contributed by atoms with Crippen LogP contribution in [0.25, 0.3) is 0 Å². The van der Waals surface area contributed by atoms with Gasteiger partial charge in [0.1, 0.15) is 0 Å². The fourth-order valence-electron chi connectivity index (χ4n) is 2.26. The summed E-state index contributed by atoms with van der Waals surface area (Å²) in [5.74, 6) is 0.425. The van der Waals surface area contributed by atoms with E-state index in [9.17, 15) is 4.79 Å². The molecule has 0 aromatic heterocycles. The molecule has 1 aromatic rings. The van der Waals surface area contributed by atoms with Crippen molar-refractivity contribution in [1.29, 1.82) is 0 Å². The van der Waals surface area contributed by atoms with Crippen molar-refractivity contribution in [2.24, 2.45) is 5.92 Å². The first-order chi connectivity index (χ1) is 8.70. The van der Waals surface area contributed by atoms with Crippen LogP contribution in [0.5, 0.6) is 0 Å². The first-order valence-electron chi connectivity index (χ1n) is 6.29. The zero-order valence-corrected chi connectivity index (χ0v) is 11.8. The van der Waals surface area contributed by atoms with Crippen LogP contribution in [-0.2, 0) is 11.3 Å². The van der Waals surface area contributed by atoms with Crippen LogP contribution in [0.4, 0.5) is 0 Å². The lowest BCUT2D eigenvalue weighted by molar-refractivity contribution is -0.134. The molecule has 1 heterocycles. The Labute approximate surface area is 113 Å². The highest BCUT2D eigenvalue weighted by Crippen LogP contribution is 2.17. The number of hydrogen-bond acceptors (Lipinski definition) is 3. The SMILES string of the molecule is CSc1ccc(CN(C)C(=O)C2CCNC2)cc1. The van der Waals surface area contributed by atoms with Crippen LogP contribution >= 0.6 is 11.8 Å². The van der Waals surface area contributed by atoms with Crippen molar-refractivity contribution in [2.45, 2.75) is 17.9 Å². The number of nitrogens with one attached hydrogen (secondary N) is 1. The van der Waals surface area contributed by atoms with Gasteiger partial charge < -0.3 is 10.2 Å². The van der Waals surface area contributed by atoms with Crippen LogP contribution in [0.15, 0.2) is 29.2 Å². The van der Waals surface area contributed by atoms with Crippen LogP contribution in [0.1, 0.15) is 12.0 Å². The molecule has 3 nitrogen and oxygen atoms in total. The van der Waals surface area contributed by atoms with E-state index in [1.807, 2.05) is 11.9 Å². The van der Waals surface area contributed by atoms with E-state index in [2.05, 4.69) is 35.8 Å². The Bertz CT molecular complexity index is 399. The summed E-state index contributed by atoms with van der Waals surface area (Å²) in [7, 11) is 1.89. The molecule has 98 valence electrons. The molecule has 0 radical (unpaired) electrons. The number of nitrogens with zero attached hydrogens (tertiary/aromatic N) is 1. The van der Waals surface area contributed by atoms with Crippen molar-refractivity contribution in [3.8, 4) is 0 Å². The highest BCUT2D eigenvalue weighted by atomic mass is 32.2. The average molecular weight is 264 g/mol. The number of hydrogen-bond donors (Lipinski definition) is 1. The minimum atomic E-state index is 0.167. The summed E-state index contributed by atoms with van der Waals surface area (Å²) in [6, 6.07) is 8.41. The lowest BCUT2D eigenvalue weighted by Gasteiger charge is -2.20. The average Bonchev–Trinajstić information content (AvgIpc) is 2.92. The highest BCUT2D eigenvalue weighted by Gasteiger charge is 2.25. The fourth-order valence-corrected chi connectivity index (χ4v) is 2.67. The monoisotopic (exact) mass is 264 g/mol. The number of carbonyl (C=O) groups is 1. The van der Waals surface area contributed by atoms with Crippen molar-refractivity contribution in [3.63, 3.8) is 0 Å². The Morgan fingerprint density at radius 1 is 1.44 bits per heavy atom. The number of amides is 1. The molecule has 0 bridgehead atoms. The van der Waals surface area contributed by atoms with E-state index >= 15 is 0 Å². The molecule has 1 saturated heterocycles. The first-order valence-corrected chi connectivity index (χ1v) is 7.52. The van der Waals surface area contributed by atoms with E-state index < -0.39 is 0 Å². The zero-order chi connectivity index (χ0) is 13.0. The van der Waals surface area contributed by atoms with Gasteiger partial charge in [0.2, 0.25) is 5.91 Å². The van der Waals surface area contributed by atoms with Gasteiger partial charge in [-0.1, -0.05) is 12.1 Å². The normalized spacial score (nSPS) is 18.9. The molecule has 1 aliphatic rings. The second-order valence-electron chi connectivity index (χ2n) is 4.73. The molecular formula is C14H20N2OS. The van der Waals surface area contributed by atoms with E-state index in [4.69, 9.17) is 0 Å². The summed E-state index contributed by atoms with van der Waals surface area (Å²) >= 11 is 1.73. The summed E-state index contributed by atoms with van der Waals surface area (Å²) in [4.78, 5) is 15.3. The maximum Gasteiger partial charge on any atom is 0.227 e. The minimum Gasteiger partial charge on any atom is -0.341 e. The number of rotatable bonds is 4. The van der Waals surface area contributed by atoms with Gasteiger partial charge in [-0.25, -0.2) is 0 Å². The van der Waals surface area contributed by atoms with E-state index in [0.717, 1.165) is 19.5 Å². The third kappa shape index (κ3) is 3.27. The first kappa shape index (κ1) is 13.4. The molecule has 18 heavy (non-hydrogen) atoms. The second-order valence-corrected chi connectivity index (χ2v) is 5.61. The van der Waals surface area contributed by atoms with E-state index in [-0.39, 0.29) is 11.8 Å². The molecule has 0 saturated carbocycles. The molecule has 1 amide bonds. The number of carbonyl (C=O) groups excluding carboxylic acids is 1. The molecule has 1 atom stereocenters. The van der Waals surface area contributed by atoms with Crippen molar-refractivity contribution in [2.75, 3.05) is 26.4 Å². The minimum absolute atomic E-state index is 0.167. The lowest BCUT2D eigenvalue weighted by Crippen LogP contribution is -2.33. The predicted octanol–water partition coefficient (Wildman–Crippen LogP) is 1.98. The van der Waals surface area contributed by atoms with Gasteiger partial charge in [0.25, 0.3) is 0 Å². The van der Waals surface area contributed by atoms with Crippen molar-refractivity contribution in [3.05, 3.63) is 29.8 Å². The maximum absolute atomic E-state index is 12.2. The molecule has 2 rings (SSSR count). The van der Waals surface area contributed by atoms with Crippen molar-refractivity contribution in [1.82, 2.24) is 10.2 Å². The van der Waals surface area contributed by atoms with Crippen LogP contribution in [0.2, 0.25) is 0 Å². The van der Waals surface area contributed by atoms with Crippen LogP contribution in [0, 0.1) is 5.92 Å². The van der Waals surface area contributed by atoms with Crippen LogP contribution in [-0.4, -0.2) is 37.2 Å². The van der Waals surface area contributed by atoms with Gasteiger partial charge in [-0.3, -0.25) is 4.79 Å². The summed E-state index contributed by atoms with van der Waals surface area (Å²) in [5, 5.41) is 3.24. The predicted molar refractivity (Wildman–Crippen MR) is 75.7 cm³/mol. The number of benzene rings is 1. The summed E-state index contributed by atoms with van der Waals surface area (Å²) in [6.45, 7) is 2.49. The largest absolute Gasteiger partial charge is 0.341 e. The highest BCUT2D eigenvalue weighted by molar-refractivity contribution is 7.98. The summed E-state index contributed by atoms with van der Waals surface area (Å²) < 4.78 is 0. The topological polar surface area (TPSA) is 32.3 Å². The Morgan fingerprint density at radius 3 is 2.72 bits per heavy atom. The molecule has 0 spiro atoms. The van der Waals surface area contributed by atoms with Crippen molar-refractivity contribution >= 4 is 17.7 Å². The molecule has 1 aliphatic heterocycles. The molecular weight excluding hydrogens is 244 g/mol. The zero-order valence-electron chi connectivity index (χ0n) is 11.0. The van der Waals surface area contributed by atoms with Gasteiger partial charge in [0.05, 0.1) is 5.92 Å². The standard InChI is InChI=1S/C14H20N2OS/c1-16(14(17)12-7-8-15-9-12)10-11-3-5-13(18-2)6-4-11/h3-6,12,15H,7-10H2,1-2H3. The molecule has 1 N–H and O–H groups in total. The quantitative estimate of drug-likeness (QED) is 0.844. The van der Waals surface area contributed by atoms with Gasteiger partial charge in [0, 0.05) is 25.0 Å². The molecule has 1 fully saturated rings. The Hall–Kier alpha value is -1.00. The van der Waals surface area contributed by atoms with Gasteiger partial charge in [-0.15, -0.1) is 11.8 Å². The lowest BCUT2D eigenvalue weighted by atomic mass is 10.1. The van der Waals surface area contributed by atoms with E-state index in [1.54, 1.807) is 11.8 Å². The van der Waals surface area contributed by atoms with E-state index in [1.165, 1.54) is 10.5 Å². The summed E-state index contributed by atoms with van der Waals surface area (Å²) in [6.07, 6.45) is 3.03. The summed E-state index contributed by atoms with van der Waals surface area (Å²) in [5.41, 5.74) is 1.19. The van der Waals surface area contributed by atoms with Gasteiger partial charge >= 0.3 is 0 Å². The van der Waals surface area contributed by atoms with Gasteiger partial charge in [-0.2, -0.15) is 0 Å². The number of thioether (sulfide) groups is 1. The second kappa shape index (κ2) is 6.25. The van der Waals surface area contributed by atoms with Crippen molar-refractivity contribution < 1.29 is 4.79 Å². The van der Waals surface area contributed by atoms with E-state index in [0.29, 0.717) is 6.54 Å². The smallest absolute Gasteiger partial charge is 0.227 e. The Morgan fingerprint density at radius 2 is 2.17 bits per heavy atom. The third-order valence-corrected chi connectivity index (χ3v) is 4.11. The molecule has 1 aromatic carbocycles.